The number of hydrogen-bond donors (Lipinski definition) is 12. The second kappa shape index (κ2) is 41.3. The number of amides is 2. The van der Waals surface area contributed by atoms with Gasteiger partial charge in [0.1, 0.15) is 59.7 Å². The highest BCUT2D eigenvalue weighted by atomic mass is 31.3. The van der Waals surface area contributed by atoms with Gasteiger partial charge in [0.15, 0.2) is 11.1 Å². The summed E-state index contributed by atoms with van der Waals surface area (Å²) >= 11 is 0. The molecule has 2 aromatic heterocycles. The van der Waals surface area contributed by atoms with E-state index in [-0.39, 0.29) is 99.9 Å². The number of phosphoric acid groups is 6. The topological polar surface area (TPSA) is 617 Å². The lowest BCUT2D eigenvalue weighted by molar-refractivity contribution is -0.256. The number of carboxylic acids is 2. The van der Waals surface area contributed by atoms with Crippen molar-refractivity contribution >= 4 is 116 Å². The highest BCUT2D eigenvalue weighted by Crippen LogP contribution is 2.68. The summed E-state index contributed by atoms with van der Waals surface area (Å²) in [4.78, 5) is 187. The van der Waals surface area contributed by atoms with Gasteiger partial charge in [-0.3, -0.25) is 47.3 Å². The van der Waals surface area contributed by atoms with E-state index in [1.54, 1.807) is 6.07 Å². The number of nitrogens with one attached hydrogen (secondary N) is 4. The van der Waals surface area contributed by atoms with Crippen molar-refractivity contribution in [3.63, 3.8) is 0 Å². The number of nitrogens with zero attached hydrogens (tertiary/aromatic N) is 6. The maximum absolute atomic E-state index is 14.0. The zero-order valence-corrected chi connectivity index (χ0v) is 88.3. The SMILES string of the molecule is CCN1c2cc3c(cc2C(C)=CC1(C)C)C(c1cc(C(=O)NCC#Cc2cn([C@H]4CC[C@@H](COP(=O)(O)OP(=O)(O)OP(=O)(O)O)O4)c(=O)[nH]c2=O)ccc1C(=O)[O-])=c1cc2c(cc1O3)=[N+](CC)C(C)(C)C=C2C.CCN1c2cc3c(cc2C(C)=CC1(C)C)C(c1ccc(C(=O)NCC#Cc2cn([C@H]4CC[C@@H](COP(=O)(O)OP(=O)(O)OP(=O)(O)O)O4)c(=O)[nH]c2=O)cc1C(=O)[O-])=c1cc2c(cc1O3)=[N+](CC)C(C)(C)C=C2C. The van der Waals surface area contributed by atoms with Crippen molar-refractivity contribution in [2.24, 2.45) is 0 Å². The van der Waals surface area contributed by atoms with Crippen LogP contribution < -0.4 is 92.9 Å². The summed E-state index contributed by atoms with van der Waals surface area (Å²) in [6.07, 6.45) is 7.26. The van der Waals surface area contributed by atoms with Crippen molar-refractivity contribution in [3.05, 3.63) is 262 Å². The Balaban J connectivity index is 0.000000222. The molecule has 0 saturated carbocycles. The molecule has 12 N–H and O–H groups in total. The largest absolute Gasteiger partial charge is 0.545 e. The predicted molar refractivity (Wildman–Crippen MR) is 537 cm³/mol. The number of H-pyrrole nitrogens is 2. The number of carbonyl (C=O) groups excluding carboxylic acids is 4. The van der Waals surface area contributed by atoms with Crippen LogP contribution in [0.2, 0.25) is 0 Å². The summed E-state index contributed by atoms with van der Waals surface area (Å²) in [5.41, 5.74) is 7.24. The van der Waals surface area contributed by atoms with Gasteiger partial charge in [-0.2, -0.15) is 17.2 Å². The lowest BCUT2D eigenvalue weighted by Crippen LogP contribution is -2.49. The molecular formula is C98H108N10O34P6. The van der Waals surface area contributed by atoms with Crippen molar-refractivity contribution < 1.29 is 141 Å². The van der Waals surface area contributed by atoms with E-state index >= 15 is 0 Å². The highest BCUT2D eigenvalue weighted by Gasteiger charge is 2.47. The maximum Gasteiger partial charge on any atom is 0.490 e. The number of carbonyl (C=O) groups is 4. The number of ether oxygens (including phenoxy) is 4. The second-order valence-corrected chi connectivity index (χ2v) is 47.0. The third kappa shape index (κ3) is 23.4. The Morgan fingerprint density at radius 1 is 0.453 bits per heavy atom. The molecule has 8 aliphatic rings. The van der Waals surface area contributed by atoms with Crippen LogP contribution in [-0.2, 0) is 63.2 Å². The van der Waals surface area contributed by atoms with Gasteiger partial charge < -0.3 is 98.3 Å². The Labute approximate surface area is 845 Å². The van der Waals surface area contributed by atoms with Crippen LogP contribution in [0.25, 0.3) is 33.4 Å². The molecule has 2 saturated heterocycles. The number of anilines is 2. The lowest BCUT2D eigenvalue weighted by Gasteiger charge is -2.43. The van der Waals surface area contributed by atoms with E-state index in [0.29, 0.717) is 87.5 Å². The van der Waals surface area contributed by atoms with E-state index in [9.17, 15) is 95.5 Å². The zero-order valence-electron chi connectivity index (χ0n) is 82.9. The fourth-order valence-electron chi connectivity index (χ4n) is 20.4. The van der Waals surface area contributed by atoms with Gasteiger partial charge in [0.2, 0.25) is 10.7 Å². The third-order valence-corrected chi connectivity index (χ3v) is 33.8. The molecule has 6 aromatic carbocycles. The maximum atomic E-state index is 14.0. The Hall–Kier alpha value is -12.1. The fraction of sp³-hybridized carbons (Fsp3) is 0.367. The van der Waals surface area contributed by atoms with Crippen LogP contribution in [-0.4, -0.2) is 169 Å². The molecule has 0 radical (unpaired) electrons. The Morgan fingerprint density at radius 3 is 1.22 bits per heavy atom. The number of aromatic nitrogens is 4. The van der Waals surface area contributed by atoms with E-state index in [0.717, 1.165) is 88.2 Å². The lowest BCUT2D eigenvalue weighted by atomic mass is 9.83. The van der Waals surface area contributed by atoms with Crippen LogP contribution in [0.3, 0.4) is 0 Å². The molecule has 2 fully saturated rings. The number of benzene rings is 6. The van der Waals surface area contributed by atoms with Crippen molar-refractivity contribution in [2.45, 2.75) is 183 Å². The van der Waals surface area contributed by atoms with E-state index in [1.165, 1.54) is 30.3 Å². The van der Waals surface area contributed by atoms with Crippen LogP contribution in [0.1, 0.15) is 246 Å². The molecule has 0 aliphatic carbocycles. The number of phosphoric ester groups is 2. The molecule has 148 heavy (non-hydrogen) atoms. The standard InChI is InChI=1S/2C49H54N5O17P3/c1-9-53-38-21-40-36(19-33(38)27(3)23-48(53,5)6)43(37-20-34-28(4)24-49(7,8)54(10-2)39(34)22-41(37)69-40)35-18-29(13-15-32(35)46(57)58)44(55)50-17-11-12-30-25-52(47(59)51-45(30)56)42-16-14-31(68-42)26-67-73(63,64)71-74(65,66)70-72(60,61)62;1-9-53-38-21-40-36(19-33(38)27(3)23-48(53,5)6)43(37-20-34-28(4)24-49(7,8)54(10-2)39(34)22-41(37)69-40)32-15-13-29(18-35(32)46(57)58)44(55)50-17-11-12-30-25-52(47(59)51-45(30)56)42-16-14-31(68-42)26-67-73(63,64)71-74(65,66)70-72(60,61)62/h2*13,15,18-25,31,42H,9-10,14,16-17,26H2,1-8H3,(H6-,50,51,55,56,57,58,59,60,61,62,63,64,65,66)/t2*31-,42+/m00/s1. The Bertz CT molecular complexity index is 8140. The molecule has 44 nitrogen and oxygen atoms in total. The first-order valence-electron chi connectivity index (χ1n) is 46.6. The summed E-state index contributed by atoms with van der Waals surface area (Å²) in [5, 5.41) is 34.8. The Kier molecular flexibility index (Phi) is 30.8. The number of likely N-dealkylation sites (N-methyl/N-ethyl adjacent to an activating group) is 4. The number of carboxylic acid groups (broad SMARTS) is 2. The van der Waals surface area contributed by atoms with E-state index in [1.807, 2.05) is 76.2 Å². The highest BCUT2D eigenvalue weighted by molar-refractivity contribution is 7.67. The smallest absolute Gasteiger partial charge is 0.490 e. The quantitative estimate of drug-likeness (QED) is 0.0128. The normalized spacial score (nSPS) is 20.0. The monoisotopic (exact) mass is 2150 g/mol. The predicted octanol–water partition coefficient (Wildman–Crippen LogP) is 7.57. The molecule has 16 rings (SSSR count). The van der Waals surface area contributed by atoms with Gasteiger partial charge in [0, 0.05) is 154 Å². The van der Waals surface area contributed by atoms with Crippen LogP contribution in [0.15, 0.2) is 141 Å². The number of hydrogen-bond acceptors (Lipinski definition) is 28. The summed E-state index contributed by atoms with van der Waals surface area (Å²) in [7, 11) is -33.6. The molecule has 0 bridgehead atoms. The number of rotatable bonds is 28. The summed E-state index contributed by atoms with van der Waals surface area (Å²) in [6, 6.07) is 24.6. The van der Waals surface area contributed by atoms with Gasteiger partial charge in [-0.05, 0) is 203 Å². The third-order valence-electron chi connectivity index (χ3n) is 26.2. The molecule has 0 spiro atoms. The van der Waals surface area contributed by atoms with Crippen molar-refractivity contribution in [3.8, 4) is 46.7 Å². The van der Waals surface area contributed by atoms with Gasteiger partial charge in [0.25, 0.3) is 22.9 Å². The summed E-state index contributed by atoms with van der Waals surface area (Å²) < 4.78 is 125. The molecule has 4 unspecified atom stereocenters. The zero-order chi connectivity index (χ0) is 108. The van der Waals surface area contributed by atoms with Gasteiger partial charge in [-0.25, -0.2) is 46.1 Å². The molecule has 50 heteroatoms. The minimum absolute atomic E-state index is 0.0230. The van der Waals surface area contributed by atoms with Crippen LogP contribution in [0, 0.1) is 23.7 Å². The van der Waals surface area contributed by atoms with Crippen LogP contribution in [0.4, 0.5) is 11.4 Å². The molecule has 8 atom stereocenters. The van der Waals surface area contributed by atoms with E-state index in [4.69, 9.17) is 38.5 Å². The number of aromatic carboxylic acids is 2. The van der Waals surface area contributed by atoms with Gasteiger partial charge >= 0.3 is 58.3 Å². The first-order chi connectivity index (χ1) is 69.0. The van der Waals surface area contributed by atoms with Gasteiger partial charge in [-0.1, -0.05) is 48.0 Å². The number of fused-ring (bicyclic) bond motifs is 8. The number of aromatic amines is 2. The van der Waals surface area contributed by atoms with E-state index in [2.05, 4.69) is 197 Å². The van der Waals surface area contributed by atoms with E-state index < -0.39 is 131 Å². The molecule has 2 amide bonds. The average Bonchev–Trinajstić information content (AvgIpc) is 0.791. The van der Waals surface area contributed by atoms with Crippen molar-refractivity contribution in [2.75, 3.05) is 62.3 Å². The molecular weight excluding hydrogens is 2050 g/mol. The minimum Gasteiger partial charge on any atom is -0.545 e. The van der Waals surface area contributed by atoms with Crippen molar-refractivity contribution in [1.82, 2.24) is 38.9 Å². The number of allylic oxidation sites excluding steroid dienone is 4. The van der Waals surface area contributed by atoms with Gasteiger partial charge in [-0.15, -0.1) is 0 Å². The molecule has 784 valence electrons. The van der Waals surface area contributed by atoms with Crippen molar-refractivity contribution in [1.29, 1.82) is 0 Å². The average molecular weight is 2160 g/mol. The Morgan fingerprint density at radius 2 is 0.838 bits per heavy atom. The molecule has 8 aliphatic heterocycles. The fourth-order valence-corrected chi connectivity index (χ4v) is 26.5. The molecule has 10 heterocycles. The summed E-state index contributed by atoms with van der Waals surface area (Å²) in [5.74, 6) is 8.31. The summed E-state index contributed by atoms with van der Waals surface area (Å²) in [6.45, 7) is 34.4. The first-order valence-corrected chi connectivity index (χ1v) is 55.6. The minimum atomic E-state index is -5.75. The van der Waals surface area contributed by atoms with Crippen LogP contribution >= 0.6 is 46.9 Å². The van der Waals surface area contributed by atoms with Crippen LogP contribution in [0.5, 0.6) is 23.0 Å². The van der Waals surface area contributed by atoms with Gasteiger partial charge in [0.05, 0.1) is 73.7 Å². The molecule has 8 aromatic rings. The first kappa shape index (κ1) is 110. The second-order valence-electron chi connectivity index (χ2n) is 38.2.